The second kappa shape index (κ2) is 9.11. The van der Waals surface area contributed by atoms with Crippen LogP contribution >= 0.6 is 11.6 Å². The molecule has 1 saturated heterocycles. The Labute approximate surface area is 188 Å². The molecule has 3 aromatic rings. The molecule has 162 valence electrons. The van der Waals surface area contributed by atoms with Crippen molar-refractivity contribution in [2.24, 2.45) is 0 Å². The number of urea groups is 1. The molecule has 1 N–H and O–H groups in total. The van der Waals surface area contributed by atoms with Crippen molar-refractivity contribution in [2.45, 2.75) is 6.61 Å². The number of hydrogen-bond donors (Lipinski definition) is 1. The van der Waals surface area contributed by atoms with E-state index in [1.165, 1.54) is 25.3 Å². The number of halogens is 2. The summed E-state index contributed by atoms with van der Waals surface area (Å²) in [5.74, 6) is 0.0540. The van der Waals surface area contributed by atoms with Crippen molar-refractivity contribution in [3.63, 3.8) is 0 Å². The first-order valence-electron chi connectivity index (χ1n) is 9.62. The number of carbonyl (C=O) groups is 2. The Balaban J connectivity index is 1.53. The van der Waals surface area contributed by atoms with Gasteiger partial charge in [-0.15, -0.1) is 0 Å². The minimum absolute atomic E-state index is 0.116. The molecule has 0 spiro atoms. The van der Waals surface area contributed by atoms with E-state index in [1.54, 1.807) is 54.6 Å². The average Bonchev–Trinajstić information content (AvgIpc) is 3.05. The number of amides is 3. The van der Waals surface area contributed by atoms with Crippen LogP contribution in [0.4, 0.5) is 14.9 Å². The van der Waals surface area contributed by atoms with Crippen molar-refractivity contribution in [3.8, 4) is 11.5 Å². The lowest BCUT2D eigenvalue weighted by Gasteiger charge is -2.12. The van der Waals surface area contributed by atoms with E-state index in [0.29, 0.717) is 33.3 Å². The molecule has 1 aliphatic heterocycles. The highest BCUT2D eigenvalue weighted by atomic mass is 35.5. The van der Waals surface area contributed by atoms with Crippen LogP contribution in [0.5, 0.6) is 11.5 Å². The van der Waals surface area contributed by atoms with Crippen LogP contribution in [0.25, 0.3) is 6.08 Å². The number of nitrogens with zero attached hydrogens (tertiary/aromatic N) is 1. The predicted molar refractivity (Wildman–Crippen MR) is 119 cm³/mol. The van der Waals surface area contributed by atoms with E-state index in [4.69, 9.17) is 21.1 Å². The topological polar surface area (TPSA) is 67.9 Å². The number of rotatable bonds is 6. The monoisotopic (exact) mass is 452 g/mol. The third kappa shape index (κ3) is 4.58. The number of ether oxygens (including phenoxy) is 2. The molecule has 6 nitrogen and oxygen atoms in total. The van der Waals surface area contributed by atoms with Crippen molar-refractivity contribution in [1.82, 2.24) is 5.32 Å². The third-order valence-corrected chi connectivity index (χ3v) is 4.96. The van der Waals surface area contributed by atoms with E-state index in [-0.39, 0.29) is 18.1 Å². The maximum atomic E-state index is 13.3. The lowest BCUT2D eigenvalue weighted by atomic mass is 10.1. The molecule has 0 aromatic heterocycles. The summed E-state index contributed by atoms with van der Waals surface area (Å²) in [6.07, 6.45) is 1.55. The minimum Gasteiger partial charge on any atom is -0.493 e. The smallest absolute Gasteiger partial charge is 0.333 e. The average molecular weight is 453 g/mol. The molecule has 1 aliphatic rings. The molecule has 0 aliphatic carbocycles. The fourth-order valence-corrected chi connectivity index (χ4v) is 3.42. The zero-order valence-corrected chi connectivity index (χ0v) is 17.7. The van der Waals surface area contributed by atoms with Crippen LogP contribution < -0.4 is 19.7 Å². The molecule has 1 fully saturated rings. The Hall–Kier alpha value is -3.84. The van der Waals surface area contributed by atoms with Gasteiger partial charge in [-0.2, -0.15) is 0 Å². The van der Waals surface area contributed by atoms with Crippen molar-refractivity contribution >= 4 is 35.3 Å². The van der Waals surface area contributed by atoms with Crippen LogP contribution in [0, 0.1) is 5.82 Å². The number of methoxy groups -OCH3 is 1. The van der Waals surface area contributed by atoms with Gasteiger partial charge in [-0.1, -0.05) is 35.9 Å². The summed E-state index contributed by atoms with van der Waals surface area (Å²) in [4.78, 5) is 26.2. The molecule has 4 rings (SSSR count). The van der Waals surface area contributed by atoms with Gasteiger partial charge in [-0.05, 0) is 59.7 Å². The predicted octanol–water partition coefficient (Wildman–Crippen LogP) is 5.16. The van der Waals surface area contributed by atoms with Gasteiger partial charge in [0, 0.05) is 5.02 Å². The van der Waals surface area contributed by atoms with Gasteiger partial charge in [-0.3, -0.25) is 4.79 Å². The summed E-state index contributed by atoms with van der Waals surface area (Å²) in [7, 11) is 1.49. The first-order valence-corrected chi connectivity index (χ1v) is 10.0. The molecule has 8 heteroatoms. The standard InChI is InChI=1S/C24H18ClFN2O4/c1-31-22-12-15(8-9-21(22)32-14-16-4-2-6-18(26)10-16)11-20-23(29)28(24(30)27-20)19-7-3-5-17(25)13-19/h2-13H,14H2,1H3,(H,27,30)/b20-11+. The van der Waals surface area contributed by atoms with E-state index < -0.39 is 11.9 Å². The summed E-state index contributed by atoms with van der Waals surface area (Å²) in [5, 5.41) is 2.99. The molecule has 1 heterocycles. The summed E-state index contributed by atoms with van der Waals surface area (Å²) in [5.41, 5.74) is 1.79. The molecule has 0 saturated carbocycles. The first kappa shape index (κ1) is 21.4. The van der Waals surface area contributed by atoms with Gasteiger partial charge in [0.1, 0.15) is 18.1 Å². The number of hydrogen-bond acceptors (Lipinski definition) is 4. The lowest BCUT2D eigenvalue weighted by Crippen LogP contribution is -2.30. The Bertz CT molecular complexity index is 1230. The number of benzene rings is 3. The maximum absolute atomic E-state index is 13.3. The Morgan fingerprint density at radius 2 is 1.84 bits per heavy atom. The van der Waals surface area contributed by atoms with E-state index in [1.807, 2.05) is 0 Å². The Morgan fingerprint density at radius 3 is 2.59 bits per heavy atom. The van der Waals surface area contributed by atoms with E-state index in [0.717, 1.165) is 4.90 Å². The molecule has 3 amide bonds. The third-order valence-electron chi connectivity index (χ3n) is 4.73. The molecular formula is C24H18ClFN2O4. The zero-order valence-electron chi connectivity index (χ0n) is 17.0. The van der Waals surface area contributed by atoms with Gasteiger partial charge in [0.25, 0.3) is 5.91 Å². The van der Waals surface area contributed by atoms with Crippen molar-refractivity contribution < 1.29 is 23.5 Å². The van der Waals surface area contributed by atoms with Crippen LogP contribution in [0.3, 0.4) is 0 Å². The largest absolute Gasteiger partial charge is 0.493 e. The number of nitrogens with one attached hydrogen (secondary N) is 1. The van der Waals surface area contributed by atoms with Gasteiger partial charge in [0.2, 0.25) is 0 Å². The van der Waals surface area contributed by atoms with Crippen LogP contribution in [0.1, 0.15) is 11.1 Å². The number of carbonyl (C=O) groups excluding carboxylic acids is 2. The van der Waals surface area contributed by atoms with Gasteiger partial charge in [0.05, 0.1) is 12.8 Å². The van der Waals surface area contributed by atoms with Crippen LogP contribution in [0.2, 0.25) is 5.02 Å². The quantitative estimate of drug-likeness (QED) is 0.414. The van der Waals surface area contributed by atoms with E-state index in [9.17, 15) is 14.0 Å². The second-order valence-corrected chi connectivity index (χ2v) is 7.37. The summed E-state index contributed by atoms with van der Waals surface area (Å²) >= 11 is 5.98. The van der Waals surface area contributed by atoms with Gasteiger partial charge in [0.15, 0.2) is 11.5 Å². The Morgan fingerprint density at radius 1 is 1.03 bits per heavy atom. The summed E-state index contributed by atoms with van der Waals surface area (Å²) < 4.78 is 24.5. The highest BCUT2D eigenvalue weighted by molar-refractivity contribution is 6.32. The fourth-order valence-electron chi connectivity index (χ4n) is 3.23. The molecule has 3 aromatic carbocycles. The minimum atomic E-state index is -0.564. The van der Waals surface area contributed by atoms with Crippen LogP contribution in [-0.2, 0) is 11.4 Å². The van der Waals surface area contributed by atoms with Gasteiger partial charge >= 0.3 is 6.03 Å². The summed E-state index contributed by atoms with van der Waals surface area (Å²) in [6, 6.07) is 17.1. The van der Waals surface area contributed by atoms with E-state index in [2.05, 4.69) is 5.32 Å². The fraction of sp³-hybridized carbons (Fsp3) is 0.0833. The summed E-state index contributed by atoms with van der Waals surface area (Å²) in [6.45, 7) is 0.164. The maximum Gasteiger partial charge on any atom is 0.333 e. The lowest BCUT2D eigenvalue weighted by molar-refractivity contribution is -0.113. The Kier molecular flexibility index (Phi) is 6.09. The molecular weight excluding hydrogens is 435 g/mol. The van der Waals surface area contributed by atoms with Crippen molar-refractivity contribution in [3.05, 3.63) is 94.4 Å². The highest BCUT2D eigenvalue weighted by Gasteiger charge is 2.34. The van der Waals surface area contributed by atoms with Crippen LogP contribution in [0.15, 0.2) is 72.4 Å². The normalized spacial score (nSPS) is 14.6. The van der Waals surface area contributed by atoms with Crippen molar-refractivity contribution in [2.75, 3.05) is 12.0 Å². The molecule has 0 unspecified atom stereocenters. The SMILES string of the molecule is COc1cc(/C=C2/NC(=O)N(c3cccc(Cl)c3)C2=O)ccc1OCc1cccc(F)c1. The first-order chi connectivity index (χ1) is 15.4. The van der Waals surface area contributed by atoms with Gasteiger partial charge in [-0.25, -0.2) is 14.1 Å². The molecule has 0 radical (unpaired) electrons. The second-order valence-electron chi connectivity index (χ2n) is 6.94. The highest BCUT2D eigenvalue weighted by Crippen LogP contribution is 2.31. The number of anilines is 1. The molecule has 32 heavy (non-hydrogen) atoms. The zero-order chi connectivity index (χ0) is 22.7. The van der Waals surface area contributed by atoms with Crippen LogP contribution in [-0.4, -0.2) is 19.0 Å². The number of imide groups is 1. The van der Waals surface area contributed by atoms with E-state index >= 15 is 0 Å². The molecule has 0 atom stereocenters. The molecule has 0 bridgehead atoms. The van der Waals surface area contributed by atoms with Crippen molar-refractivity contribution in [1.29, 1.82) is 0 Å². The van der Waals surface area contributed by atoms with Gasteiger partial charge < -0.3 is 14.8 Å².